The quantitative estimate of drug-likeness (QED) is 0.368. The molecule has 0 aliphatic carbocycles. The lowest BCUT2D eigenvalue weighted by atomic mass is 10.1. The first-order valence-corrected chi connectivity index (χ1v) is 7.85. The summed E-state index contributed by atoms with van der Waals surface area (Å²) in [5, 5.41) is 3.08. The molecule has 128 valence electrons. The number of oxime groups is 1. The van der Waals surface area contributed by atoms with Crippen molar-refractivity contribution in [2.45, 2.75) is 34.1 Å². The molecule has 0 fully saturated rings. The first kappa shape index (κ1) is 19.3. The summed E-state index contributed by atoms with van der Waals surface area (Å²) in [4.78, 5) is 5.11. The summed E-state index contributed by atoms with van der Waals surface area (Å²) < 4.78 is 23.7. The minimum absolute atomic E-state index is 0.0837. The van der Waals surface area contributed by atoms with Crippen LogP contribution in [0.2, 0.25) is 0 Å². The van der Waals surface area contributed by atoms with Gasteiger partial charge in [-0.15, -0.1) is 0 Å². The van der Waals surface area contributed by atoms with E-state index in [0.717, 1.165) is 29.0 Å². The SMILES string of the molecule is CCc1cc(OC/C=C(/F)Cl)cc(C)c1OCCON=C(C)C. The van der Waals surface area contributed by atoms with Crippen LogP contribution in [-0.4, -0.2) is 25.5 Å². The van der Waals surface area contributed by atoms with Crippen molar-refractivity contribution in [3.63, 3.8) is 0 Å². The van der Waals surface area contributed by atoms with E-state index in [2.05, 4.69) is 5.16 Å². The van der Waals surface area contributed by atoms with Crippen molar-refractivity contribution >= 4 is 17.3 Å². The van der Waals surface area contributed by atoms with Gasteiger partial charge in [0.05, 0.1) is 5.71 Å². The van der Waals surface area contributed by atoms with Gasteiger partial charge in [-0.05, 0) is 50.5 Å². The molecule has 1 aromatic rings. The molecule has 0 saturated carbocycles. The molecule has 0 saturated heterocycles. The number of hydrogen-bond acceptors (Lipinski definition) is 4. The van der Waals surface area contributed by atoms with E-state index < -0.39 is 5.29 Å². The van der Waals surface area contributed by atoms with Crippen LogP contribution >= 0.6 is 11.6 Å². The summed E-state index contributed by atoms with van der Waals surface area (Å²) in [6.45, 7) is 8.57. The van der Waals surface area contributed by atoms with Gasteiger partial charge in [-0.3, -0.25) is 0 Å². The van der Waals surface area contributed by atoms with Gasteiger partial charge in [-0.1, -0.05) is 23.7 Å². The summed E-state index contributed by atoms with van der Waals surface area (Å²) in [6.07, 6.45) is 1.96. The Morgan fingerprint density at radius 3 is 2.61 bits per heavy atom. The van der Waals surface area contributed by atoms with Gasteiger partial charge in [0, 0.05) is 6.08 Å². The fourth-order valence-electron chi connectivity index (χ4n) is 1.92. The standard InChI is InChI=1S/C17H23ClFNO3/c1-5-14-11-15(21-7-6-16(18)19)10-13(4)17(14)22-8-9-23-20-12(2)3/h6,10-11H,5,7-9H2,1-4H3/b16-6+. The Labute approximate surface area is 141 Å². The number of benzene rings is 1. The molecule has 0 unspecified atom stereocenters. The zero-order valence-electron chi connectivity index (χ0n) is 14.0. The first-order valence-electron chi connectivity index (χ1n) is 7.47. The van der Waals surface area contributed by atoms with Crippen LogP contribution in [0.4, 0.5) is 4.39 Å². The van der Waals surface area contributed by atoms with Crippen LogP contribution < -0.4 is 9.47 Å². The van der Waals surface area contributed by atoms with Crippen LogP contribution in [0.5, 0.6) is 11.5 Å². The number of halogens is 2. The molecule has 0 heterocycles. The van der Waals surface area contributed by atoms with Gasteiger partial charge in [-0.2, -0.15) is 4.39 Å². The van der Waals surface area contributed by atoms with Crippen LogP contribution in [0.25, 0.3) is 0 Å². The van der Waals surface area contributed by atoms with Crippen LogP contribution in [0.15, 0.2) is 28.7 Å². The number of nitrogens with zero attached hydrogens (tertiary/aromatic N) is 1. The van der Waals surface area contributed by atoms with Gasteiger partial charge in [0.2, 0.25) is 0 Å². The van der Waals surface area contributed by atoms with E-state index in [1.807, 2.05) is 39.8 Å². The Hall–Kier alpha value is -1.75. The molecule has 0 aromatic heterocycles. The smallest absolute Gasteiger partial charge is 0.188 e. The van der Waals surface area contributed by atoms with Gasteiger partial charge < -0.3 is 14.3 Å². The van der Waals surface area contributed by atoms with Gasteiger partial charge in [0.1, 0.15) is 24.7 Å². The lowest BCUT2D eigenvalue weighted by Crippen LogP contribution is -2.08. The molecular formula is C17H23ClFNO3. The van der Waals surface area contributed by atoms with Crippen molar-refractivity contribution in [1.29, 1.82) is 0 Å². The van der Waals surface area contributed by atoms with Crippen LogP contribution in [0.1, 0.15) is 31.9 Å². The van der Waals surface area contributed by atoms with Crippen molar-refractivity contribution in [3.8, 4) is 11.5 Å². The number of rotatable bonds is 9. The van der Waals surface area contributed by atoms with E-state index in [4.69, 9.17) is 25.9 Å². The highest BCUT2D eigenvalue weighted by Crippen LogP contribution is 2.29. The Morgan fingerprint density at radius 2 is 2.00 bits per heavy atom. The van der Waals surface area contributed by atoms with Crippen molar-refractivity contribution in [1.82, 2.24) is 0 Å². The van der Waals surface area contributed by atoms with E-state index in [-0.39, 0.29) is 6.61 Å². The summed E-state index contributed by atoms with van der Waals surface area (Å²) in [5.41, 5.74) is 2.83. The van der Waals surface area contributed by atoms with Crippen molar-refractivity contribution < 1.29 is 18.7 Å². The van der Waals surface area contributed by atoms with Gasteiger partial charge >= 0.3 is 0 Å². The van der Waals surface area contributed by atoms with E-state index in [0.29, 0.717) is 19.0 Å². The summed E-state index contributed by atoms with van der Waals surface area (Å²) in [6, 6.07) is 3.74. The molecule has 23 heavy (non-hydrogen) atoms. The predicted octanol–water partition coefficient (Wildman–Crippen LogP) is 4.78. The summed E-state index contributed by atoms with van der Waals surface area (Å²) in [5.74, 6) is 1.48. The van der Waals surface area contributed by atoms with Gasteiger partial charge in [0.25, 0.3) is 0 Å². The second-order valence-electron chi connectivity index (χ2n) is 5.11. The monoisotopic (exact) mass is 343 g/mol. The molecule has 0 amide bonds. The van der Waals surface area contributed by atoms with Crippen molar-refractivity contribution in [2.75, 3.05) is 19.8 Å². The zero-order chi connectivity index (χ0) is 17.2. The maximum absolute atomic E-state index is 12.5. The molecule has 0 radical (unpaired) electrons. The van der Waals surface area contributed by atoms with E-state index in [9.17, 15) is 4.39 Å². The molecule has 0 spiro atoms. The Morgan fingerprint density at radius 1 is 1.26 bits per heavy atom. The molecule has 0 aliphatic rings. The van der Waals surface area contributed by atoms with Gasteiger partial charge in [-0.25, -0.2) is 0 Å². The number of ether oxygens (including phenoxy) is 2. The van der Waals surface area contributed by atoms with E-state index in [1.54, 1.807) is 0 Å². The lowest BCUT2D eigenvalue weighted by molar-refractivity contribution is 0.106. The van der Waals surface area contributed by atoms with Crippen LogP contribution in [0.3, 0.4) is 0 Å². The van der Waals surface area contributed by atoms with E-state index >= 15 is 0 Å². The summed E-state index contributed by atoms with van der Waals surface area (Å²) >= 11 is 5.13. The minimum atomic E-state index is -0.776. The molecule has 6 heteroatoms. The molecule has 4 nitrogen and oxygen atoms in total. The highest BCUT2D eigenvalue weighted by Gasteiger charge is 2.09. The second kappa shape index (κ2) is 10.1. The number of hydrogen-bond donors (Lipinski definition) is 0. The van der Waals surface area contributed by atoms with Crippen molar-refractivity contribution in [3.05, 3.63) is 34.6 Å². The molecule has 1 aromatic carbocycles. The lowest BCUT2D eigenvalue weighted by Gasteiger charge is -2.15. The fraction of sp³-hybridized carbons (Fsp3) is 0.471. The maximum Gasteiger partial charge on any atom is 0.188 e. The van der Waals surface area contributed by atoms with Crippen LogP contribution in [-0.2, 0) is 11.3 Å². The average molecular weight is 344 g/mol. The minimum Gasteiger partial charge on any atom is -0.489 e. The largest absolute Gasteiger partial charge is 0.489 e. The van der Waals surface area contributed by atoms with Crippen LogP contribution in [0, 0.1) is 6.92 Å². The third kappa shape index (κ3) is 7.37. The molecule has 0 bridgehead atoms. The Kier molecular flexibility index (Phi) is 8.48. The third-order valence-electron chi connectivity index (χ3n) is 2.86. The average Bonchev–Trinajstić information content (AvgIpc) is 2.47. The normalized spacial score (nSPS) is 11.1. The maximum atomic E-state index is 12.5. The molecule has 0 aliphatic heterocycles. The van der Waals surface area contributed by atoms with Crippen molar-refractivity contribution in [2.24, 2.45) is 5.16 Å². The zero-order valence-corrected chi connectivity index (χ0v) is 14.7. The van der Waals surface area contributed by atoms with Gasteiger partial charge in [0.15, 0.2) is 11.9 Å². The second-order valence-corrected chi connectivity index (χ2v) is 5.47. The fourth-order valence-corrected chi connectivity index (χ4v) is 1.98. The molecule has 1 rings (SSSR count). The predicted molar refractivity (Wildman–Crippen MR) is 91.3 cm³/mol. The van der Waals surface area contributed by atoms with E-state index in [1.165, 1.54) is 6.08 Å². The molecule has 0 atom stereocenters. The molecule has 0 N–H and O–H groups in total. The number of aryl methyl sites for hydroxylation is 2. The Bertz CT molecular complexity index is 565. The summed E-state index contributed by atoms with van der Waals surface area (Å²) in [7, 11) is 0. The molecular weight excluding hydrogens is 321 g/mol. The first-order chi connectivity index (χ1) is 10.9. The Balaban J connectivity index is 2.69. The highest BCUT2D eigenvalue weighted by atomic mass is 35.5. The third-order valence-corrected chi connectivity index (χ3v) is 3.02. The topological polar surface area (TPSA) is 40.0 Å². The highest BCUT2D eigenvalue weighted by molar-refractivity contribution is 6.28.